The van der Waals surface area contributed by atoms with Gasteiger partial charge in [-0.15, -0.1) is 0 Å². The zero-order valence-corrected chi connectivity index (χ0v) is 9.49. The zero-order valence-electron chi connectivity index (χ0n) is 9.49. The Kier molecular flexibility index (Phi) is 3.59. The number of aliphatic hydroxyl groups is 3. The molecule has 94 valence electrons. The highest BCUT2D eigenvalue weighted by molar-refractivity contribution is 5.73. The van der Waals surface area contributed by atoms with Crippen LogP contribution in [-0.2, 0) is 9.53 Å². The highest BCUT2D eigenvalue weighted by atomic mass is 16.6. The van der Waals surface area contributed by atoms with Crippen LogP contribution in [0.25, 0.3) is 0 Å². The molecular formula is C10H18O6. The topological polar surface area (TPSA) is 107 Å². The molecule has 1 aliphatic rings. The summed E-state index contributed by atoms with van der Waals surface area (Å²) in [6.45, 7) is 5.26. The SMILES string of the molecule is CC(C)(C)[C@@H]1OC(C(=O)O)[C@@H](O)[C@H](O)C1O. The molecule has 6 heteroatoms. The molecule has 0 aliphatic carbocycles. The Morgan fingerprint density at radius 3 is 1.94 bits per heavy atom. The lowest BCUT2D eigenvalue weighted by molar-refractivity contribution is -0.246. The first-order valence-electron chi connectivity index (χ1n) is 5.08. The van der Waals surface area contributed by atoms with E-state index in [-0.39, 0.29) is 0 Å². The van der Waals surface area contributed by atoms with Crippen LogP contribution in [0.15, 0.2) is 0 Å². The van der Waals surface area contributed by atoms with Crippen molar-refractivity contribution >= 4 is 5.97 Å². The van der Waals surface area contributed by atoms with Crippen LogP contribution in [0.3, 0.4) is 0 Å². The number of carboxylic acid groups (broad SMARTS) is 1. The molecular weight excluding hydrogens is 216 g/mol. The van der Waals surface area contributed by atoms with Gasteiger partial charge in [0.05, 0.1) is 6.10 Å². The van der Waals surface area contributed by atoms with Crippen molar-refractivity contribution in [2.75, 3.05) is 0 Å². The monoisotopic (exact) mass is 234 g/mol. The molecule has 0 radical (unpaired) electrons. The fraction of sp³-hybridized carbons (Fsp3) is 0.900. The molecule has 1 fully saturated rings. The van der Waals surface area contributed by atoms with Crippen molar-refractivity contribution in [3.05, 3.63) is 0 Å². The number of rotatable bonds is 1. The number of hydrogen-bond donors (Lipinski definition) is 4. The van der Waals surface area contributed by atoms with Crippen molar-refractivity contribution in [2.24, 2.45) is 5.41 Å². The van der Waals surface area contributed by atoms with Crippen molar-refractivity contribution in [3.8, 4) is 0 Å². The Bertz CT molecular complexity index is 271. The smallest absolute Gasteiger partial charge is 0.335 e. The maximum Gasteiger partial charge on any atom is 0.335 e. The molecule has 2 unspecified atom stereocenters. The van der Waals surface area contributed by atoms with E-state index in [4.69, 9.17) is 9.84 Å². The lowest BCUT2D eigenvalue weighted by atomic mass is 9.80. The van der Waals surface area contributed by atoms with E-state index in [9.17, 15) is 20.1 Å². The molecule has 6 nitrogen and oxygen atoms in total. The summed E-state index contributed by atoms with van der Waals surface area (Å²) in [7, 11) is 0. The van der Waals surface area contributed by atoms with Gasteiger partial charge in [-0.1, -0.05) is 20.8 Å². The second-order valence-corrected chi connectivity index (χ2v) is 5.15. The number of carbonyl (C=O) groups is 1. The molecule has 1 aliphatic heterocycles. The van der Waals surface area contributed by atoms with E-state index in [1.807, 2.05) is 0 Å². The molecule has 0 aromatic rings. The molecule has 0 spiro atoms. The highest BCUT2D eigenvalue weighted by Crippen LogP contribution is 2.32. The Morgan fingerprint density at radius 1 is 1.06 bits per heavy atom. The van der Waals surface area contributed by atoms with E-state index >= 15 is 0 Å². The first-order chi connectivity index (χ1) is 7.16. The molecule has 1 saturated heterocycles. The second kappa shape index (κ2) is 4.29. The summed E-state index contributed by atoms with van der Waals surface area (Å²) in [6, 6.07) is 0. The minimum absolute atomic E-state index is 0.533. The number of aliphatic carboxylic acids is 1. The standard InChI is InChI=1S/C10H18O6/c1-10(2,3)8-6(13)4(11)5(12)7(16-8)9(14)15/h4-8,11-13H,1-3H3,(H,14,15)/t4-,5-,6?,7?,8+/m0/s1. The molecule has 0 bridgehead atoms. The summed E-state index contributed by atoms with van der Waals surface area (Å²) < 4.78 is 5.15. The lowest BCUT2D eigenvalue weighted by Crippen LogP contribution is -2.62. The molecule has 4 N–H and O–H groups in total. The van der Waals surface area contributed by atoms with Gasteiger partial charge in [-0.05, 0) is 5.41 Å². The van der Waals surface area contributed by atoms with E-state index in [0.29, 0.717) is 0 Å². The van der Waals surface area contributed by atoms with Crippen molar-refractivity contribution in [1.29, 1.82) is 0 Å². The largest absolute Gasteiger partial charge is 0.479 e. The summed E-state index contributed by atoms with van der Waals surface area (Å²) in [5, 5.41) is 37.5. The van der Waals surface area contributed by atoms with Crippen LogP contribution in [0.5, 0.6) is 0 Å². The summed E-state index contributed by atoms with van der Waals surface area (Å²) >= 11 is 0. The summed E-state index contributed by atoms with van der Waals surface area (Å²) in [5.41, 5.74) is -0.533. The number of aliphatic hydroxyl groups excluding tert-OH is 3. The van der Waals surface area contributed by atoms with Gasteiger partial charge >= 0.3 is 5.97 Å². The highest BCUT2D eigenvalue weighted by Gasteiger charge is 2.50. The van der Waals surface area contributed by atoms with E-state index < -0.39 is 41.9 Å². The van der Waals surface area contributed by atoms with Crippen LogP contribution in [0.1, 0.15) is 20.8 Å². The van der Waals surface area contributed by atoms with Gasteiger partial charge in [0.2, 0.25) is 0 Å². The van der Waals surface area contributed by atoms with E-state index in [1.54, 1.807) is 20.8 Å². The minimum atomic E-state index is -1.62. The maximum atomic E-state index is 10.8. The third-order valence-corrected chi connectivity index (χ3v) is 2.71. The molecule has 0 saturated carbocycles. The predicted molar refractivity (Wildman–Crippen MR) is 53.8 cm³/mol. The van der Waals surface area contributed by atoms with Gasteiger partial charge in [-0.25, -0.2) is 4.79 Å². The van der Waals surface area contributed by atoms with Crippen LogP contribution < -0.4 is 0 Å². The first-order valence-corrected chi connectivity index (χ1v) is 5.08. The van der Waals surface area contributed by atoms with Gasteiger partial charge in [-0.2, -0.15) is 0 Å². The Morgan fingerprint density at radius 2 is 1.56 bits per heavy atom. The van der Waals surface area contributed by atoms with Gasteiger partial charge in [0.1, 0.15) is 18.3 Å². The molecule has 0 amide bonds. The van der Waals surface area contributed by atoms with Crippen LogP contribution in [-0.4, -0.2) is 56.9 Å². The summed E-state index contributed by atoms with van der Waals surface area (Å²) in [5.74, 6) is -1.35. The van der Waals surface area contributed by atoms with Crippen LogP contribution in [0.2, 0.25) is 0 Å². The van der Waals surface area contributed by atoms with Crippen molar-refractivity contribution in [2.45, 2.75) is 51.3 Å². The van der Waals surface area contributed by atoms with E-state index in [2.05, 4.69) is 0 Å². The average molecular weight is 234 g/mol. The lowest BCUT2D eigenvalue weighted by Gasteiger charge is -2.44. The molecule has 1 rings (SSSR count). The van der Waals surface area contributed by atoms with Crippen LogP contribution >= 0.6 is 0 Å². The Labute approximate surface area is 93.5 Å². The van der Waals surface area contributed by atoms with Crippen molar-refractivity contribution in [1.82, 2.24) is 0 Å². The third kappa shape index (κ3) is 2.35. The normalized spacial score (nSPS) is 40.8. The Balaban J connectivity index is 2.94. The zero-order chi connectivity index (χ0) is 12.7. The van der Waals surface area contributed by atoms with Crippen LogP contribution in [0.4, 0.5) is 0 Å². The molecule has 0 aromatic carbocycles. The van der Waals surface area contributed by atoms with Crippen molar-refractivity contribution < 1.29 is 30.0 Å². The number of carboxylic acids is 1. The fourth-order valence-electron chi connectivity index (χ4n) is 1.80. The van der Waals surface area contributed by atoms with Gasteiger partial charge in [0.15, 0.2) is 6.10 Å². The summed E-state index contributed by atoms with van der Waals surface area (Å²) in [4.78, 5) is 10.8. The van der Waals surface area contributed by atoms with Crippen molar-refractivity contribution in [3.63, 3.8) is 0 Å². The molecule has 1 heterocycles. The maximum absolute atomic E-state index is 10.8. The van der Waals surface area contributed by atoms with Gasteiger partial charge < -0.3 is 25.2 Å². The van der Waals surface area contributed by atoms with Gasteiger partial charge in [-0.3, -0.25) is 0 Å². The number of hydrogen-bond acceptors (Lipinski definition) is 5. The summed E-state index contributed by atoms with van der Waals surface area (Å²) in [6.07, 6.45) is -6.79. The first kappa shape index (κ1) is 13.4. The molecule has 16 heavy (non-hydrogen) atoms. The Hall–Kier alpha value is -0.690. The average Bonchev–Trinajstić information content (AvgIpc) is 2.11. The predicted octanol–water partition coefficient (Wildman–Crippen LogP) is -1.03. The molecule has 0 aromatic heterocycles. The van der Waals surface area contributed by atoms with Crippen LogP contribution in [0, 0.1) is 5.41 Å². The third-order valence-electron chi connectivity index (χ3n) is 2.71. The van der Waals surface area contributed by atoms with E-state index in [1.165, 1.54) is 0 Å². The second-order valence-electron chi connectivity index (χ2n) is 5.15. The van der Waals surface area contributed by atoms with Gasteiger partial charge in [0, 0.05) is 0 Å². The molecule has 5 atom stereocenters. The van der Waals surface area contributed by atoms with E-state index in [0.717, 1.165) is 0 Å². The minimum Gasteiger partial charge on any atom is -0.479 e. The number of ether oxygens (including phenoxy) is 1. The quantitative estimate of drug-likeness (QED) is 0.462. The fourth-order valence-corrected chi connectivity index (χ4v) is 1.80. The van der Waals surface area contributed by atoms with Gasteiger partial charge in [0.25, 0.3) is 0 Å².